The van der Waals surface area contributed by atoms with Crippen molar-refractivity contribution in [3.8, 4) is 0 Å². The lowest BCUT2D eigenvalue weighted by molar-refractivity contribution is -0.116. The van der Waals surface area contributed by atoms with Gasteiger partial charge in [-0.15, -0.1) is 0 Å². The highest BCUT2D eigenvalue weighted by atomic mass is 19.1. The Kier molecular flexibility index (Phi) is 6.60. The van der Waals surface area contributed by atoms with Crippen molar-refractivity contribution < 1.29 is 9.18 Å². The van der Waals surface area contributed by atoms with Crippen LogP contribution in [0.15, 0.2) is 54.6 Å². The number of nitrogens with one attached hydrogen (secondary N) is 1. The second kappa shape index (κ2) is 9.33. The summed E-state index contributed by atoms with van der Waals surface area (Å²) in [4.78, 5) is 16.7. The normalized spacial score (nSPS) is 15.3. The molecule has 2 aromatic carbocycles. The van der Waals surface area contributed by atoms with Crippen LogP contribution in [0, 0.1) is 12.7 Å². The fraction of sp³-hybridized carbons (Fsp3) is 0.318. The zero-order valence-corrected chi connectivity index (χ0v) is 15.7. The number of hydrogen-bond donors (Lipinski definition) is 1. The van der Waals surface area contributed by atoms with E-state index in [9.17, 15) is 9.18 Å². The Morgan fingerprint density at radius 2 is 1.89 bits per heavy atom. The Morgan fingerprint density at radius 1 is 1.11 bits per heavy atom. The molecule has 27 heavy (non-hydrogen) atoms. The molecule has 0 radical (unpaired) electrons. The van der Waals surface area contributed by atoms with Crippen LogP contribution in [0.5, 0.6) is 0 Å². The minimum Gasteiger partial charge on any atom is -0.369 e. The SMILES string of the molecule is Cc1cccc(N2CCN(CCNC(=O)/C=C/c3cccc(F)c3)CC2)c1. The fourth-order valence-corrected chi connectivity index (χ4v) is 3.23. The van der Waals surface area contributed by atoms with Crippen molar-refractivity contribution in [1.82, 2.24) is 10.2 Å². The first kappa shape index (κ1) is 19.1. The minimum atomic E-state index is -0.303. The number of piperazine rings is 1. The number of nitrogens with zero attached hydrogens (tertiary/aromatic N) is 2. The molecular formula is C22H26FN3O. The third kappa shape index (κ3) is 5.93. The van der Waals surface area contributed by atoms with E-state index in [1.54, 1.807) is 18.2 Å². The fourth-order valence-electron chi connectivity index (χ4n) is 3.23. The van der Waals surface area contributed by atoms with E-state index < -0.39 is 0 Å². The molecule has 5 heteroatoms. The molecule has 1 amide bonds. The molecule has 1 saturated heterocycles. The summed E-state index contributed by atoms with van der Waals surface area (Å²) in [6.07, 6.45) is 3.07. The van der Waals surface area contributed by atoms with Gasteiger partial charge in [-0.3, -0.25) is 9.69 Å². The monoisotopic (exact) mass is 367 g/mol. The van der Waals surface area contributed by atoms with Crippen LogP contribution in [-0.2, 0) is 4.79 Å². The van der Waals surface area contributed by atoms with E-state index >= 15 is 0 Å². The number of aryl methyl sites for hydroxylation is 1. The molecule has 1 aliphatic rings. The summed E-state index contributed by atoms with van der Waals surface area (Å²) in [7, 11) is 0. The molecule has 1 fully saturated rings. The maximum absolute atomic E-state index is 13.1. The van der Waals surface area contributed by atoms with Gasteiger partial charge in [0, 0.05) is 51.0 Å². The van der Waals surface area contributed by atoms with Crippen LogP contribution in [0.2, 0.25) is 0 Å². The summed E-state index contributed by atoms with van der Waals surface area (Å²) in [6, 6.07) is 14.8. The molecule has 1 heterocycles. The Balaban J connectivity index is 1.37. The van der Waals surface area contributed by atoms with Crippen molar-refractivity contribution in [2.75, 3.05) is 44.2 Å². The average molecular weight is 367 g/mol. The Morgan fingerprint density at radius 3 is 2.63 bits per heavy atom. The van der Waals surface area contributed by atoms with E-state index in [-0.39, 0.29) is 11.7 Å². The quantitative estimate of drug-likeness (QED) is 0.797. The van der Waals surface area contributed by atoms with Gasteiger partial charge in [0.05, 0.1) is 0 Å². The first-order valence-electron chi connectivity index (χ1n) is 9.35. The van der Waals surface area contributed by atoms with E-state index in [2.05, 4.69) is 46.3 Å². The van der Waals surface area contributed by atoms with E-state index in [1.165, 1.54) is 29.5 Å². The molecule has 0 spiro atoms. The van der Waals surface area contributed by atoms with Crippen LogP contribution >= 0.6 is 0 Å². The van der Waals surface area contributed by atoms with Gasteiger partial charge in [-0.25, -0.2) is 4.39 Å². The van der Waals surface area contributed by atoms with Crippen molar-refractivity contribution in [2.45, 2.75) is 6.92 Å². The van der Waals surface area contributed by atoms with Gasteiger partial charge in [0.15, 0.2) is 0 Å². The van der Waals surface area contributed by atoms with E-state index in [0.717, 1.165) is 32.7 Å². The zero-order chi connectivity index (χ0) is 19.1. The highest BCUT2D eigenvalue weighted by molar-refractivity contribution is 5.91. The van der Waals surface area contributed by atoms with Gasteiger partial charge in [0.25, 0.3) is 0 Å². The summed E-state index contributed by atoms with van der Waals surface area (Å²) >= 11 is 0. The third-order valence-corrected chi connectivity index (χ3v) is 4.74. The summed E-state index contributed by atoms with van der Waals surface area (Å²) < 4.78 is 13.1. The van der Waals surface area contributed by atoms with Gasteiger partial charge in [-0.1, -0.05) is 24.3 Å². The molecule has 1 aliphatic heterocycles. The Hall–Kier alpha value is -2.66. The van der Waals surface area contributed by atoms with Gasteiger partial charge in [-0.2, -0.15) is 0 Å². The lowest BCUT2D eigenvalue weighted by atomic mass is 10.2. The van der Waals surface area contributed by atoms with Crippen LogP contribution in [-0.4, -0.2) is 50.1 Å². The Bertz CT molecular complexity index is 798. The largest absolute Gasteiger partial charge is 0.369 e. The predicted octanol–water partition coefficient (Wildman–Crippen LogP) is 3.09. The number of benzene rings is 2. The maximum Gasteiger partial charge on any atom is 0.244 e. The van der Waals surface area contributed by atoms with Crippen molar-refractivity contribution >= 4 is 17.7 Å². The first-order valence-corrected chi connectivity index (χ1v) is 9.35. The molecule has 142 valence electrons. The van der Waals surface area contributed by atoms with Crippen LogP contribution in [0.25, 0.3) is 6.08 Å². The van der Waals surface area contributed by atoms with Crippen LogP contribution in [0.3, 0.4) is 0 Å². The number of carbonyl (C=O) groups is 1. The molecule has 0 unspecified atom stereocenters. The van der Waals surface area contributed by atoms with Crippen molar-refractivity contribution in [3.05, 3.63) is 71.6 Å². The summed E-state index contributed by atoms with van der Waals surface area (Å²) in [6.45, 7) is 7.53. The molecule has 0 saturated carbocycles. The number of carbonyl (C=O) groups excluding carboxylic acids is 1. The smallest absolute Gasteiger partial charge is 0.244 e. The minimum absolute atomic E-state index is 0.155. The number of rotatable bonds is 6. The summed E-state index contributed by atoms with van der Waals surface area (Å²) in [5.41, 5.74) is 3.24. The average Bonchev–Trinajstić information content (AvgIpc) is 2.67. The second-order valence-corrected chi connectivity index (χ2v) is 6.85. The lowest BCUT2D eigenvalue weighted by Crippen LogP contribution is -2.48. The molecule has 3 rings (SSSR count). The number of halogens is 1. The highest BCUT2D eigenvalue weighted by Gasteiger charge is 2.16. The molecule has 0 atom stereocenters. The molecule has 1 N–H and O–H groups in total. The van der Waals surface area contributed by atoms with Crippen molar-refractivity contribution in [2.24, 2.45) is 0 Å². The van der Waals surface area contributed by atoms with Gasteiger partial charge in [-0.05, 0) is 48.4 Å². The number of hydrogen-bond acceptors (Lipinski definition) is 3. The molecular weight excluding hydrogens is 341 g/mol. The lowest BCUT2D eigenvalue weighted by Gasteiger charge is -2.36. The summed E-state index contributed by atoms with van der Waals surface area (Å²) in [5.74, 6) is -0.458. The first-order chi connectivity index (χ1) is 13.1. The molecule has 4 nitrogen and oxygen atoms in total. The standard InChI is InChI=1S/C22H26FN3O/c1-18-4-2-7-21(16-18)26-14-12-25(13-15-26)11-10-24-22(27)9-8-19-5-3-6-20(23)17-19/h2-9,16-17H,10-15H2,1H3,(H,24,27)/b9-8+. The van der Waals surface area contributed by atoms with E-state index in [4.69, 9.17) is 0 Å². The third-order valence-electron chi connectivity index (χ3n) is 4.74. The van der Waals surface area contributed by atoms with Crippen LogP contribution in [0.1, 0.15) is 11.1 Å². The molecule has 2 aromatic rings. The van der Waals surface area contributed by atoms with Crippen molar-refractivity contribution in [1.29, 1.82) is 0 Å². The van der Waals surface area contributed by atoms with Crippen molar-refractivity contribution in [3.63, 3.8) is 0 Å². The molecule has 0 aromatic heterocycles. The van der Waals surface area contributed by atoms with Crippen LogP contribution < -0.4 is 10.2 Å². The molecule has 0 bridgehead atoms. The van der Waals surface area contributed by atoms with Gasteiger partial charge in [0.1, 0.15) is 5.82 Å². The zero-order valence-electron chi connectivity index (χ0n) is 15.7. The van der Waals surface area contributed by atoms with Crippen LogP contribution in [0.4, 0.5) is 10.1 Å². The van der Waals surface area contributed by atoms with Gasteiger partial charge < -0.3 is 10.2 Å². The second-order valence-electron chi connectivity index (χ2n) is 6.85. The maximum atomic E-state index is 13.1. The van der Waals surface area contributed by atoms with Gasteiger partial charge in [0.2, 0.25) is 5.91 Å². The van der Waals surface area contributed by atoms with E-state index in [1.807, 2.05) is 0 Å². The molecule has 0 aliphatic carbocycles. The topological polar surface area (TPSA) is 35.6 Å². The summed E-state index contributed by atoms with van der Waals surface area (Å²) in [5, 5.41) is 2.89. The number of anilines is 1. The highest BCUT2D eigenvalue weighted by Crippen LogP contribution is 2.17. The predicted molar refractivity (Wildman–Crippen MR) is 108 cm³/mol. The Labute approximate surface area is 160 Å². The van der Waals surface area contributed by atoms with Gasteiger partial charge >= 0.3 is 0 Å². The number of amides is 1. The van der Waals surface area contributed by atoms with E-state index in [0.29, 0.717) is 12.1 Å².